The van der Waals surface area contributed by atoms with Gasteiger partial charge in [0.15, 0.2) is 0 Å². The average molecular weight is 375 g/mol. The second-order valence-corrected chi connectivity index (χ2v) is 6.75. The number of halogens is 2. The van der Waals surface area contributed by atoms with Gasteiger partial charge in [0.25, 0.3) is 5.91 Å². The number of hydrogen-bond acceptors (Lipinski definition) is 3. The summed E-state index contributed by atoms with van der Waals surface area (Å²) in [6, 6.07) is 11.0. The van der Waals surface area contributed by atoms with Crippen molar-refractivity contribution in [1.82, 2.24) is 5.32 Å². The van der Waals surface area contributed by atoms with E-state index in [1.165, 1.54) is 11.3 Å². The number of nitrogens with one attached hydrogen (secondary N) is 1. The number of ether oxygens (including phenoxy) is 1. The van der Waals surface area contributed by atoms with Crippen LogP contribution < -0.4 is 5.32 Å². The van der Waals surface area contributed by atoms with Crippen molar-refractivity contribution in [2.24, 2.45) is 0 Å². The quantitative estimate of drug-likeness (QED) is 0.848. The summed E-state index contributed by atoms with van der Waals surface area (Å²) < 4.78 is 6.97. The highest BCUT2D eigenvalue weighted by Gasteiger charge is 2.15. The van der Waals surface area contributed by atoms with E-state index in [1.54, 1.807) is 19.2 Å². The highest BCUT2D eigenvalue weighted by atomic mass is 79.9. The Hall–Kier alpha value is -0.880. The third-order valence-electron chi connectivity index (χ3n) is 2.73. The molecule has 1 aromatic heterocycles. The van der Waals surface area contributed by atoms with Crippen LogP contribution in [0, 0.1) is 0 Å². The Morgan fingerprint density at radius 1 is 1.45 bits per heavy atom. The number of amides is 1. The predicted molar refractivity (Wildman–Crippen MR) is 85.6 cm³/mol. The molecule has 0 saturated carbocycles. The maximum Gasteiger partial charge on any atom is 0.251 e. The van der Waals surface area contributed by atoms with Gasteiger partial charge < -0.3 is 10.1 Å². The van der Waals surface area contributed by atoms with Gasteiger partial charge in [0.2, 0.25) is 0 Å². The first-order valence-corrected chi connectivity index (χ1v) is 7.90. The Kier molecular flexibility index (Phi) is 5.60. The molecule has 0 aliphatic heterocycles. The van der Waals surface area contributed by atoms with Crippen molar-refractivity contribution in [3.05, 3.63) is 55.6 Å². The monoisotopic (exact) mass is 373 g/mol. The van der Waals surface area contributed by atoms with E-state index in [4.69, 9.17) is 16.3 Å². The standard InChI is InChI=1S/C14H13BrClNO2S/c1-19-11(12-5-6-13(16)20-12)8-17-14(18)9-3-2-4-10(15)7-9/h2-7,11H,8H2,1H3,(H,17,18). The molecular weight excluding hydrogens is 362 g/mol. The first-order chi connectivity index (χ1) is 9.60. The summed E-state index contributed by atoms with van der Waals surface area (Å²) in [5.41, 5.74) is 0.610. The minimum atomic E-state index is -0.191. The Balaban J connectivity index is 1.98. The molecule has 0 bridgehead atoms. The third kappa shape index (κ3) is 4.06. The van der Waals surface area contributed by atoms with Crippen molar-refractivity contribution >= 4 is 44.8 Å². The first-order valence-electron chi connectivity index (χ1n) is 5.92. The van der Waals surface area contributed by atoms with Gasteiger partial charge in [0, 0.05) is 28.6 Å². The van der Waals surface area contributed by atoms with Crippen LogP contribution >= 0.6 is 38.9 Å². The van der Waals surface area contributed by atoms with Crippen LogP contribution in [0.25, 0.3) is 0 Å². The van der Waals surface area contributed by atoms with Gasteiger partial charge in [-0.15, -0.1) is 11.3 Å². The van der Waals surface area contributed by atoms with Crippen LogP contribution in [0.15, 0.2) is 40.9 Å². The molecular formula is C14H13BrClNO2S. The molecule has 1 aromatic carbocycles. The van der Waals surface area contributed by atoms with Crippen molar-refractivity contribution in [3.8, 4) is 0 Å². The van der Waals surface area contributed by atoms with Crippen LogP contribution in [0.3, 0.4) is 0 Å². The minimum absolute atomic E-state index is 0.129. The molecule has 0 fully saturated rings. The van der Waals surface area contributed by atoms with Crippen LogP contribution in [0.1, 0.15) is 21.3 Å². The number of carbonyl (C=O) groups excluding carboxylic acids is 1. The zero-order valence-electron chi connectivity index (χ0n) is 10.7. The molecule has 3 nitrogen and oxygen atoms in total. The molecule has 2 rings (SSSR count). The summed E-state index contributed by atoms with van der Waals surface area (Å²) in [4.78, 5) is 13.0. The van der Waals surface area contributed by atoms with E-state index < -0.39 is 0 Å². The van der Waals surface area contributed by atoms with Gasteiger partial charge in [-0.3, -0.25) is 4.79 Å². The van der Waals surface area contributed by atoms with E-state index in [-0.39, 0.29) is 12.0 Å². The van der Waals surface area contributed by atoms with Crippen LogP contribution in [0.5, 0.6) is 0 Å². The predicted octanol–water partition coefficient (Wildman–Crippen LogP) is 4.28. The normalized spacial score (nSPS) is 12.2. The van der Waals surface area contributed by atoms with Crippen LogP contribution in [0.2, 0.25) is 4.34 Å². The summed E-state index contributed by atoms with van der Waals surface area (Å²) in [5.74, 6) is -0.129. The van der Waals surface area contributed by atoms with Gasteiger partial charge >= 0.3 is 0 Å². The summed E-state index contributed by atoms with van der Waals surface area (Å²) >= 11 is 10.7. The second kappa shape index (κ2) is 7.22. The highest BCUT2D eigenvalue weighted by molar-refractivity contribution is 9.10. The van der Waals surface area contributed by atoms with E-state index in [2.05, 4.69) is 21.2 Å². The Labute approximate surface area is 135 Å². The number of methoxy groups -OCH3 is 1. The molecule has 1 atom stereocenters. The molecule has 1 unspecified atom stereocenters. The van der Waals surface area contributed by atoms with Gasteiger partial charge in [-0.05, 0) is 30.3 Å². The zero-order valence-corrected chi connectivity index (χ0v) is 13.9. The lowest BCUT2D eigenvalue weighted by Gasteiger charge is -2.14. The molecule has 6 heteroatoms. The summed E-state index contributed by atoms with van der Waals surface area (Å²) in [6.45, 7) is 0.401. The fraction of sp³-hybridized carbons (Fsp3) is 0.214. The van der Waals surface area contributed by atoms with Crippen molar-refractivity contribution in [3.63, 3.8) is 0 Å². The van der Waals surface area contributed by atoms with E-state index in [0.29, 0.717) is 16.4 Å². The lowest BCUT2D eigenvalue weighted by molar-refractivity contribution is 0.0837. The first kappa shape index (κ1) is 15.5. The maximum absolute atomic E-state index is 12.0. The highest BCUT2D eigenvalue weighted by Crippen LogP contribution is 2.28. The number of benzene rings is 1. The number of hydrogen-bond donors (Lipinski definition) is 1. The van der Waals surface area contributed by atoms with Gasteiger partial charge in [0.1, 0.15) is 6.10 Å². The fourth-order valence-corrected chi connectivity index (χ4v) is 3.26. The van der Waals surface area contributed by atoms with Crippen molar-refractivity contribution < 1.29 is 9.53 Å². The Morgan fingerprint density at radius 3 is 2.85 bits per heavy atom. The lowest BCUT2D eigenvalue weighted by Crippen LogP contribution is -2.28. The molecule has 0 spiro atoms. The molecule has 0 radical (unpaired) electrons. The SMILES string of the molecule is COC(CNC(=O)c1cccc(Br)c1)c1ccc(Cl)s1. The van der Waals surface area contributed by atoms with Gasteiger partial charge in [-0.1, -0.05) is 33.6 Å². The molecule has 106 valence electrons. The maximum atomic E-state index is 12.0. The lowest BCUT2D eigenvalue weighted by atomic mass is 10.2. The van der Waals surface area contributed by atoms with E-state index in [0.717, 1.165) is 9.35 Å². The molecule has 0 aliphatic carbocycles. The van der Waals surface area contributed by atoms with Crippen LogP contribution in [0.4, 0.5) is 0 Å². The fourth-order valence-electron chi connectivity index (χ4n) is 1.72. The molecule has 20 heavy (non-hydrogen) atoms. The Morgan fingerprint density at radius 2 is 2.25 bits per heavy atom. The molecule has 2 aromatic rings. The van der Waals surface area contributed by atoms with Crippen molar-refractivity contribution in [2.75, 3.05) is 13.7 Å². The summed E-state index contributed by atoms with van der Waals surface area (Å²) in [6.07, 6.45) is -0.191. The van der Waals surface area contributed by atoms with Crippen LogP contribution in [-0.4, -0.2) is 19.6 Å². The number of thiophene rings is 1. The Bertz CT molecular complexity index is 602. The minimum Gasteiger partial charge on any atom is -0.374 e. The van der Waals surface area contributed by atoms with E-state index in [1.807, 2.05) is 24.3 Å². The van der Waals surface area contributed by atoms with E-state index >= 15 is 0 Å². The van der Waals surface area contributed by atoms with Crippen molar-refractivity contribution in [1.29, 1.82) is 0 Å². The second-order valence-electron chi connectivity index (χ2n) is 4.09. The van der Waals surface area contributed by atoms with Gasteiger partial charge in [-0.2, -0.15) is 0 Å². The average Bonchev–Trinajstić information content (AvgIpc) is 2.86. The summed E-state index contributed by atoms with van der Waals surface area (Å²) in [5, 5.41) is 2.86. The topological polar surface area (TPSA) is 38.3 Å². The smallest absolute Gasteiger partial charge is 0.251 e. The zero-order chi connectivity index (χ0) is 14.5. The molecule has 0 saturated heterocycles. The van der Waals surface area contributed by atoms with E-state index in [9.17, 15) is 4.79 Å². The number of carbonyl (C=O) groups is 1. The largest absolute Gasteiger partial charge is 0.374 e. The summed E-state index contributed by atoms with van der Waals surface area (Å²) in [7, 11) is 1.61. The molecule has 1 amide bonds. The third-order valence-corrected chi connectivity index (χ3v) is 4.55. The molecule has 1 N–H and O–H groups in total. The van der Waals surface area contributed by atoms with Crippen LogP contribution in [-0.2, 0) is 4.74 Å². The van der Waals surface area contributed by atoms with Gasteiger partial charge in [-0.25, -0.2) is 0 Å². The van der Waals surface area contributed by atoms with Gasteiger partial charge in [0.05, 0.1) is 4.34 Å². The number of rotatable bonds is 5. The molecule has 1 heterocycles. The van der Waals surface area contributed by atoms with Crippen molar-refractivity contribution in [2.45, 2.75) is 6.10 Å². The molecule has 0 aliphatic rings.